The molecule has 7 nitrogen and oxygen atoms in total. The molecule has 18 heavy (non-hydrogen) atoms. The van der Waals surface area contributed by atoms with Crippen LogP contribution in [0.1, 0.15) is 19.8 Å². The summed E-state index contributed by atoms with van der Waals surface area (Å²) in [6, 6.07) is -0.937. The maximum Gasteiger partial charge on any atom is 0.407 e. The normalized spacial score (nSPS) is 11.2. The summed E-state index contributed by atoms with van der Waals surface area (Å²) in [7, 11) is 0. The molecule has 0 aromatic carbocycles. The third kappa shape index (κ3) is 7.26. The zero-order valence-corrected chi connectivity index (χ0v) is 10.3. The van der Waals surface area contributed by atoms with E-state index in [-0.39, 0.29) is 13.2 Å². The molecule has 0 saturated heterocycles. The molecule has 0 aliphatic heterocycles. The molecule has 0 bridgehead atoms. The van der Waals surface area contributed by atoms with Gasteiger partial charge in [0.05, 0.1) is 0 Å². The van der Waals surface area contributed by atoms with Gasteiger partial charge in [0.25, 0.3) is 0 Å². The molecule has 0 saturated carbocycles. The second-order valence-corrected chi connectivity index (χ2v) is 3.49. The smallest absolute Gasteiger partial charge is 0.407 e. The number of hydrogen-bond acceptors (Lipinski definition) is 4. The standard InChI is InChI=1S/C11H18N2O5/c1-3-5-8(10(15)16)13-9(14)7-12-11(17)18-6-4-2/h4,8H,2-3,5-7H2,1H3,(H,12,17)(H,13,14)(H,15,16)/t8-/m1/s1. The van der Waals surface area contributed by atoms with Crippen molar-refractivity contribution in [3.8, 4) is 0 Å². The van der Waals surface area contributed by atoms with Gasteiger partial charge in [-0.05, 0) is 6.42 Å². The summed E-state index contributed by atoms with van der Waals surface area (Å²) in [4.78, 5) is 33.1. The van der Waals surface area contributed by atoms with Gasteiger partial charge in [0.15, 0.2) is 0 Å². The van der Waals surface area contributed by atoms with Gasteiger partial charge in [-0.3, -0.25) is 4.79 Å². The Morgan fingerprint density at radius 2 is 2.11 bits per heavy atom. The van der Waals surface area contributed by atoms with Crippen LogP contribution in [0.25, 0.3) is 0 Å². The van der Waals surface area contributed by atoms with Crippen LogP contribution in [-0.2, 0) is 14.3 Å². The lowest BCUT2D eigenvalue weighted by Crippen LogP contribution is -2.45. The van der Waals surface area contributed by atoms with E-state index in [1.54, 1.807) is 0 Å². The molecule has 0 aromatic heterocycles. The molecule has 3 N–H and O–H groups in total. The molecule has 0 radical (unpaired) electrons. The van der Waals surface area contributed by atoms with Crippen molar-refractivity contribution in [2.45, 2.75) is 25.8 Å². The number of rotatable bonds is 8. The lowest BCUT2D eigenvalue weighted by Gasteiger charge is -2.13. The number of aliphatic carboxylic acids is 1. The molecular formula is C11H18N2O5. The monoisotopic (exact) mass is 258 g/mol. The molecule has 102 valence electrons. The summed E-state index contributed by atoms with van der Waals surface area (Å²) in [6.07, 6.45) is 1.60. The van der Waals surface area contributed by atoms with Crippen LogP contribution in [0.5, 0.6) is 0 Å². The van der Waals surface area contributed by atoms with Crippen molar-refractivity contribution in [3.63, 3.8) is 0 Å². The molecule has 2 amide bonds. The Labute approximate surface area is 105 Å². The van der Waals surface area contributed by atoms with Crippen LogP contribution in [0.15, 0.2) is 12.7 Å². The summed E-state index contributed by atoms with van der Waals surface area (Å²) >= 11 is 0. The Bertz CT molecular complexity index is 317. The quantitative estimate of drug-likeness (QED) is 0.542. The molecule has 1 atom stereocenters. The first-order valence-electron chi connectivity index (χ1n) is 5.55. The van der Waals surface area contributed by atoms with E-state index in [1.165, 1.54) is 6.08 Å². The Kier molecular flexibility index (Phi) is 8.00. The highest BCUT2D eigenvalue weighted by atomic mass is 16.5. The molecule has 0 heterocycles. The minimum atomic E-state index is -1.10. The van der Waals surface area contributed by atoms with Gasteiger partial charge in [-0.1, -0.05) is 26.0 Å². The SMILES string of the molecule is C=CCOC(=O)NCC(=O)N[C@H](CCC)C(=O)O. The van der Waals surface area contributed by atoms with Crippen molar-refractivity contribution >= 4 is 18.0 Å². The number of carbonyl (C=O) groups is 3. The fraction of sp³-hybridized carbons (Fsp3) is 0.545. The van der Waals surface area contributed by atoms with Crippen LogP contribution >= 0.6 is 0 Å². The minimum Gasteiger partial charge on any atom is -0.480 e. The van der Waals surface area contributed by atoms with Gasteiger partial charge in [0.1, 0.15) is 19.2 Å². The topological polar surface area (TPSA) is 105 Å². The van der Waals surface area contributed by atoms with E-state index in [9.17, 15) is 14.4 Å². The number of alkyl carbamates (subject to hydrolysis) is 1. The molecule has 0 unspecified atom stereocenters. The van der Waals surface area contributed by atoms with E-state index in [0.29, 0.717) is 12.8 Å². The summed E-state index contributed by atoms with van der Waals surface area (Å²) in [6.45, 7) is 4.88. The van der Waals surface area contributed by atoms with E-state index >= 15 is 0 Å². The highest BCUT2D eigenvalue weighted by molar-refractivity contribution is 5.86. The third-order valence-corrected chi connectivity index (χ3v) is 1.94. The second kappa shape index (κ2) is 9.03. The summed E-state index contributed by atoms with van der Waals surface area (Å²) in [5.74, 6) is -1.68. The summed E-state index contributed by atoms with van der Waals surface area (Å²) < 4.78 is 4.58. The highest BCUT2D eigenvalue weighted by Crippen LogP contribution is 1.96. The van der Waals surface area contributed by atoms with Gasteiger partial charge in [-0.2, -0.15) is 0 Å². The number of carboxylic acids is 1. The Balaban J connectivity index is 3.97. The molecule has 0 fully saturated rings. The first-order chi connectivity index (χ1) is 8.51. The lowest BCUT2D eigenvalue weighted by atomic mass is 10.1. The van der Waals surface area contributed by atoms with Crippen LogP contribution < -0.4 is 10.6 Å². The van der Waals surface area contributed by atoms with Crippen molar-refractivity contribution < 1.29 is 24.2 Å². The fourth-order valence-corrected chi connectivity index (χ4v) is 1.13. The van der Waals surface area contributed by atoms with Gasteiger partial charge in [0, 0.05) is 0 Å². The molecule has 0 aromatic rings. The molecule has 7 heteroatoms. The van der Waals surface area contributed by atoms with Crippen molar-refractivity contribution in [1.29, 1.82) is 0 Å². The number of nitrogens with one attached hydrogen (secondary N) is 2. The lowest BCUT2D eigenvalue weighted by molar-refractivity contribution is -0.141. The van der Waals surface area contributed by atoms with E-state index in [0.717, 1.165) is 0 Å². The van der Waals surface area contributed by atoms with Crippen LogP contribution in [0.3, 0.4) is 0 Å². The average Bonchev–Trinajstić information content (AvgIpc) is 2.33. The Morgan fingerprint density at radius 3 is 2.61 bits per heavy atom. The van der Waals surface area contributed by atoms with Gasteiger partial charge in [-0.15, -0.1) is 0 Å². The van der Waals surface area contributed by atoms with Gasteiger partial charge < -0.3 is 20.5 Å². The number of carbonyl (C=O) groups excluding carboxylic acids is 2. The van der Waals surface area contributed by atoms with Crippen LogP contribution in [0.2, 0.25) is 0 Å². The highest BCUT2D eigenvalue weighted by Gasteiger charge is 2.18. The van der Waals surface area contributed by atoms with Crippen LogP contribution in [-0.4, -0.2) is 42.3 Å². The van der Waals surface area contributed by atoms with E-state index in [1.807, 2.05) is 6.92 Å². The number of amides is 2. The Morgan fingerprint density at radius 1 is 1.44 bits per heavy atom. The molecule has 0 spiro atoms. The minimum absolute atomic E-state index is 0.0427. The number of carboxylic acid groups (broad SMARTS) is 1. The summed E-state index contributed by atoms with van der Waals surface area (Å²) in [5, 5.41) is 13.3. The van der Waals surface area contributed by atoms with Crippen molar-refractivity contribution in [3.05, 3.63) is 12.7 Å². The molecule has 0 aliphatic rings. The van der Waals surface area contributed by atoms with Gasteiger partial charge >= 0.3 is 12.1 Å². The van der Waals surface area contributed by atoms with E-state index in [4.69, 9.17) is 5.11 Å². The van der Waals surface area contributed by atoms with Crippen molar-refractivity contribution in [1.82, 2.24) is 10.6 Å². The average molecular weight is 258 g/mol. The van der Waals surface area contributed by atoms with Crippen LogP contribution in [0.4, 0.5) is 4.79 Å². The largest absolute Gasteiger partial charge is 0.480 e. The van der Waals surface area contributed by atoms with Gasteiger partial charge in [0.2, 0.25) is 5.91 Å². The molecular weight excluding hydrogens is 240 g/mol. The number of hydrogen-bond donors (Lipinski definition) is 3. The zero-order chi connectivity index (χ0) is 14.0. The Hall–Kier alpha value is -2.05. The second-order valence-electron chi connectivity index (χ2n) is 3.49. The fourth-order valence-electron chi connectivity index (χ4n) is 1.13. The van der Waals surface area contributed by atoms with E-state index in [2.05, 4.69) is 21.9 Å². The zero-order valence-electron chi connectivity index (χ0n) is 10.3. The predicted octanol–water partition coefficient (Wildman–Crippen LogP) is 0.268. The van der Waals surface area contributed by atoms with Crippen molar-refractivity contribution in [2.75, 3.05) is 13.2 Å². The number of ether oxygens (including phenoxy) is 1. The molecule has 0 aliphatic carbocycles. The third-order valence-electron chi connectivity index (χ3n) is 1.94. The van der Waals surface area contributed by atoms with E-state index < -0.39 is 24.0 Å². The summed E-state index contributed by atoms with van der Waals surface area (Å²) in [5.41, 5.74) is 0. The first kappa shape index (κ1) is 16.0. The van der Waals surface area contributed by atoms with Crippen LogP contribution in [0, 0.1) is 0 Å². The van der Waals surface area contributed by atoms with Crippen molar-refractivity contribution in [2.24, 2.45) is 0 Å². The van der Waals surface area contributed by atoms with Gasteiger partial charge in [-0.25, -0.2) is 9.59 Å². The first-order valence-corrected chi connectivity index (χ1v) is 5.55. The predicted molar refractivity (Wildman–Crippen MR) is 64.0 cm³/mol. The maximum atomic E-state index is 11.3. The maximum absolute atomic E-state index is 11.3. The molecule has 0 rings (SSSR count).